The molecule has 2 aromatic heterocycles. The Labute approximate surface area is 103 Å². The van der Waals surface area contributed by atoms with Crippen LogP contribution in [-0.4, -0.2) is 20.9 Å². The second kappa shape index (κ2) is 4.37. The molecule has 0 atom stereocenters. The highest BCUT2D eigenvalue weighted by molar-refractivity contribution is 5.97. The normalized spacial score (nSPS) is 10.7. The number of fused-ring (bicyclic) bond motifs is 1. The Morgan fingerprint density at radius 3 is 3.11 bits per heavy atom. The van der Waals surface area contributed by atoms with E-state index in [-0.39, 0.29) is 5.91 Å². The summed E-state index contributed by atoms with van der Waals surface area (Å²) >= 11 is 0. The number of H-pyrrole nitrogens is 2. The molecule has 1 aromatic carbocycles. The molecule has 0 bridgehead atoms. The third kappa shape index (κ3) is 1.98. The largest absolute Gasteiger partial charge is 0.367 e. The molecule has 0 spiro atoms. The molecule has 5 nitrogen and oxygen atoms in total. The van der Waals surface area contributed by atoms with Crippen molar-refractivity contribution in [3.05, 3.63) is 54.1 Å². The summed E-state index contributed by atoms with van der Waals surface area (Å²) in [5.41, 5.74) is 3.40. The van der Waals surface area contributed by atoms with E-state index in [0.29, 0.717) is 12.1 Å². The number of nitrogens with one attached hydrogen (secondary N) is 3. The molecule has 0 aliphatic carbocycles. The van der Waals surface area contributed by atoms with E-state index in [4.69, 9.17) is 0 Å². The van der Waals surface area contributed by atoms with Gasteiger partial charge in [0.05, 0.1) is 17.4 Å². The van der Waals surface area contributed by atoms with E-state index < -0.39 is 0 Å². The van der Waals surface area contributed by atoms with Gasteiger partial charge in [0, 0.05) is 24.5 Å². The van der Waals surface area contributed by atoms with E-state index in [2.05, 4.69) is 20.3 Å². The smallest absolute Gasteiger partial charge is 0.251 e. The third-order valence-corrected chi connectivity index (χ3v) is 2.80. The number of hydrogen-bond donors (Lipinski definition) is 3. The Balaban J connectivity index is 1.75. The molecule has 3 aromatic rings. The predicted octanol–water partition coefficient (Wildman–Crippen LogP) is 1.82. The molecule has 90 valence electrons. The third-order valence-electron chi connectivity index (χ3n) is 2.80. The maximum absolute atomic E-state index is 11.9. The zero-order valence-corrected chi connectivity index (χ0v) is 9.60. The second-order valence-corrected chi connectivity index (χ2v) is 4.04. The van der Waals surface area contributed by atoms with Crippen molar-refractivity contribution in [2.45, 2.75) is 6.54 Å². The van der Waals surface area contributed by atoms with Crippen LogP contribution in [0.2, 0.25) is 0 Å². The summed E-state index contributed by atoms with van der Waals surface area (Å²) < 4.78 is 0. The molecule has 3 N–H and O–H groups in total. The lowest BCUT2D eigenvalue weighted by Crippen LogP contribution is -2.22. The van der Waals surface area contributed by atoms with Gasteiger partial charge in [0.2, 0.25) is 0 Å². The minimum atomic E-state index is -0.0901. The summed E-state index contributed by atoms with van der Waals surface area (Å²) in [7, 11) is 0. The molecule has 0 unspecified atom stereocenters. The van der Waals surface area contributed by atoms with Crippen molar-refractivity contribution in [1.82, 2.24) is 20.3 Å². The first-order chi connectivity index (χ1) is 8.83. The Hall–Kier alpha value is -2.56. The van der Waals surface area contributed by atoms with Gasteiger partial charge >= 0.3 is 0 Å². The predicted molar refractivity (Wildman–Crippen MR) is 68.1 cm³/mol. The lowest BCUT2D eigenvalue weighted by molar-refractivity contribution is 0.0951. The maximum atomic E-state index is 11.9. The van der Waals surface area contributed by atoms with Gasteiger partial charge in [-0.2, -0.15) is 0 Å². The van der Waals surface area contributed by atoms with Crippen molar-refractivity contribution in [2.24, 2.45) is 0 Å². The molecular formula is C13H12N4O. The average molecular weight is 240 g/mol. The van der Waals surface area contributed by atoms with Gasteiger partial charge in [0.15, 0.2) is 0 Å². The fourth-order valence-corrected chi connectivity index (χ4v) is 1.83. The molecule has 0 radical (unpaired) electrons. The standard InChI is InChI=1S/C13H12N4O/c18-13(15-7-9-3-4-14-6-9)10-1-2-11-12(5-10)17-8-16-11/h1-6,8,14H,7H2,(H,15,18)(H,16,17). The lowest BCUT2D eigenvalue weighted by Gasteiger charge is -2.03. The topological polar surface area (TPSA) is 73.6 Å². The molecule has 18 heavy (non-hydrogen) atoms. The Bertz CT molecular complexity index is 669. The summed E-state index contributed by atoms with van der Waals surface area (Å²) in [6.07, 6.45) is 5.31. The van der Waals surface area contributed by atoms with Crippen LogP contribution in [-0.2, 0) is 6.54 Å². The van der Waals surface area contributed by atoms with Crippen molar-refractivity contribution in [2.75, 3.05) is 0 Å². The van der Waals surface area contributed by atoms with Crippen molar-refractivity contribution in [3.63, 3.8) is 0 Å². The molecular weight excluding hydrogens is 228 g/mol. The number of carbonyl (C=O) groups excluding carboxylic acids is 1. The minimum Gasteiger partial charge on any atom is -0.367 e. The van der Waals surface area contributed by atoms with Crippen LogP contribution in [0.4, 0.5) is 0 Å². The first-order valence-corrected chi connectivity index (χ1v) is 5.66. The van der Waals surface area contributed by atoms with Crippen molar-refractivity contribution >= 4 is 16.9 Å². The first kappa shape index (κ1) is 10.6. The van der Waals surface area contributed by atoms with Gasteiger partial charge in [0.25, 0.3) is 5.91 Å². The molecule has 1 amide bonds. The van der Waals surface area contributed by atoms with E-state index in [1.807, 2.05) is 24.5 Å². The van der Waals surface area contributed by atoms with Gasteiger partial charge in [-0.1, -0.05) is 0 Å². The number of nitrogens with zero attached hydrogens (tertiary/aromatic N) is 1. The van der Waals surface area contributed by atoms with Gasteiger partial charge in [-0.25, -0.2) is 4.98 Å². The number of hydrogen-bond acceptors (Lipinski definition) is 2. The van der Waals surface area contributed by atoms with Crippen molar-refractivity contribution < 1.29 is 4.79 Å². The lowest BCUT2D eigenvalue weighted by atomic mass is 10.2. The van der Waals surface area contributed by atoms with Gasteiger partial charge in [0.1, 0.15) is 0 Å². The summed E-state index contributed by atoms with van der Waals surface area (Å²) in [4.78, 5) is 22.0. The number of benzene rings is 1. The highest BCUT2D eigenvalue weighted by atomic mass is 16.1. The molecule has 0 saturated heterocycles. The van der Waals surface area contributed by atoms with Crippen LogP contribution >= 0.6 is 0 Å². The Morgan fingerprint density at radius 2 is 2.28 bits per heavy atom. The van der Waals surface area contributed by atoms with Crippen LogP contribution in [0.25, 0.3) is 11.0 Å². The van der Waals surface area contributed by atoms with Crippen molar-refractivity contribution in [1.29, 1.82) is 0 Å². The van der Waals surface area contributed by atoms with Crippen LogP contribution in [0.5, 0.6) is 0 Å². The molecule has 0 saturated carbocycles. The molecule has 3 rings (SSSR count). The average Bonchev–Trinajstić information content (AvgIpc) is 3.05. The maximum Gasteiger partial charge on any atom is 0.251 e. The van der Waals surface area contributed by atoms with Crippen LogP contribution in [0.15, 0.2) is 43.0 Å². The van der Waals surface area contributed by atoms with E-state index in [1.54, 1.807) is 18.5 Å². The number of carbonyl (C=O) groups is 1. The van der Waals surface area contributed by atoms with E-state index in [0.717, 1.165) is 16.6 Å². The molecule has 5 heteroatoms. The summed E-state index contributed by atoms with van der Waals surface area (Å²) in [6.45, 7) is 0.517. The van der Waals surface area contributed by atoms with E-state index in [9.17, 15) is 4.79 Å². The zero-order chi connectivity index (χ0) is 12.4. The molecule has 2 heterocycles. The van der Waals surface area contributed by atoms with Crippen LogP contribution in [0, 0.1) is 0 Å². The van der Waals surface area contributed by atoms with Gasteiger partial charge in [-0.3, -0.25) is 4.79 Å². The number of imidazole rings is 1. The van der Waals surface area contributed by atoms with Crippen LogP contribution in [0.1, 0.15) is 15.9 Å². The van der Waals surface area contributed by atoms with Gasteiger partial charge in [-0.15, -0.1) is 0 Å². The first-order valence-electron chi connectivity index (χ1n) is 5.66. The number of rotatable bonds is 3. The molecule has 0 fully saturated rings. The highest BCUT2D eigenvalue weighted by Gasteiger charge is 2.07. The minimum absolute atomic E-state index is 0.0901. The quantitative estimate of drug-likeness (QED) is 0.653. The molecule has 0 aliphatic heterocycles. The summed E-state index contributed by atoms with van der Waals surface area (Å²) in [6, 6.07) is 7.33. The second-order valence-electron chi connectivity index (χ2n) is 4.04. The van der Waals surface area contributed by atoms with Crippen molar-refractivity contribution in [3.8, 4) is 0 Å². The zero-order valence-electron chi connectivity index (χ0n) is 9.60. The Morgan fingerprint density at radius 1 is 1.33 bits per heavy atom. The van der Waals surface area contributed by atoms with Crippen LogP contribution in [0.3, 0.4) is 0 Å². The number of aromatic nitrogens is 3. The summed E-state index contributed by atoms with van der Waals surface area (Å²) in [5, 5.41) is 2.86. The number of aromatic amines is 2. The SMILES string of the molecule is O=C(NCc1cc[nH]c1)c1ccc2nc[nH]c2c1. The van der Waals surface area contributed by atoms with E-state index in [1.165, 1.54) is 0 Å². The van der Waals surface area contributed by atoms with Gasteiger partial charge in [-0.05, 0) is 29.8 Å². The monoisotopic (exact) mass is 240 g/mol. The fourth-order valence-electron chi connectivity index (χ4n) is 1.83. The number of amides is 1. The molecule has 0 aliphatic rings. The fraction of sp³-hybridized carbons (Fsp3) is 0.0769. The van der Waals surface area contributed by atoms with Gasteiger partial charge < -0.3 is 15.3 Å². The van der Waals surface area contributed by atoms with E-state index >= 15 is 0 Å². The van der Waals surface area contributed by atoms with Crippen LogP contribution < -0.4 is 5.32 Å². The Kier molecular flexibility index (Phi) is 2.57. The summed E-state index contributed by atoms with van der Waals surface area (Å²) in [5.74, 6) is -0.0901. The highest BCUT2D eigenvalue weighted by Crippen LogP contribution is 2.11.